The number of rotatable bonds is 11. The molecular formula is C65H60N2. The first-order valence-corrected chi connectivity index (χ1v) is 23.3. The number of hydrogen-bond donors (Lipinski definition) is 0. The van der Waals surface area contributed by atoms with Crippen molar-refractivity contribution in [2.45, 2.75) is 71.6 Å². The van der Waals surface area contributed by atoms with Crippen molar-refractivity contribution in [3.05, 3.63) is 263 Å². The van der Waals surface area contributed by atoms with Gasteiger partial charge in [-0.15, -0.1) is 0 Å². The monoisotopic (exact) mass is 874 g/mol. The van der Waals surface area contributed by atoms with Crippen LogP contribution in [0.1, 0.15) is 92.9 Å². The van der Waals surface area contributed by atoms with Gasteiger partial charge in [-0.2, -0.15) is 0 Å². The minimum Gasteiger partial charge on any atom is -0.310 e. The average molecular weight is 874 g/mol. The van der Waals surface area contributed by atoms with Gasteiger partial charge < -0.3 is 9.47 Å². The third-order valence-corrected chi connectivity index (χ3v) is 14.3. The molecule has 0 atom stereocenters. The Bertz CT molecular complexity index is 3500. The summed E-state index contributed by atoms with van der Waals surface area (Å²) < 4.78 is 46.4. The smallest absolute Gasteiger partial charge is 0.0629 e. The van der Waals surface area contributed by atoms with E-state index < -0.39 is 16.9 Å². The minimum absolute atomic E-state index is 0.171. The highest BCUT2D eigenvalue weighted by Gasteiger charge is 2.37. The van der Waals surface area contributed by atoms with Gasteiger partial charge in [-0.3, -0.25) is 0 Å². The number of nitrogens with zero attached hydrogens (tertiary/aromatic N) is 2. The lowest BCUT2D eigenvalue weighted by atomic mass is 9.68. The van der Waals surface area contributed by atoms with Crippen molar-refractivity contribution in [2.75, 3.05) is 4.90 Å². The molecule has 0 bridgehead atoms. The summed E-state index contributed by atoms with van der Waals surface area (Å²) in [5, 5.41) is 1.85. The van der Waals surface area contributed by atoms with E-state index in [9.17, 15) is 0 Å². The molecular weight excluding hydrogens is 809 g/mol. The quantitative estimate of drug-likeness (QED) is 0.126. The van der Waals surface area contributed by atoms with Crippen LogP contribution >= 0.6 is 0 Å². The van der Waals surface area contributed by atoms with Gasteiger partial charge in [-0.25, -0.2) is 0 Å². The Labute approximate surface area is 404 Å². The predicted octanol–water partition coefficient (Wildman–Crippen LogP) is 17.5. The summed E-state index contributed by atoms with van der Waals surface area (Å²) in [6, 6.07) is 65.6. The van der Waals surface area contributed by atoms with E-state index in [4.69, 9.17) is 6.85 Å². The van der Waals surface area contributed by atoms with Gasteiger partial charge in [0, 0.05) is 44.1 Å². The third-order valence-electron chi connectivity index (χ3n) is 14.3. The first-order chi connectivity index (χ1) is 34.4. The number of hydrogen-bond acceptors (Lipinski definition) is 1. The number of benzene rings is 9. The molecule has 1 heterocycles. The maximum atomic E-state index is 9.10. The summed E-state index contributed by atoms with van der Waals surface area (Å²) in [6.07, 6.45) is 0. The Hall–Kier alpha value is -7.42. The Balaban J connectivity index is 1.37. The van der Waals surface area contributed by atoms with Crippen LogP contribution in [0.2, 0.25) is 0 Å². The van der Waals surface area contributed by atoms with E-state index in [-0.39, 0.29) is 35.1 Å². The third kappa shape index (κ3) is 7.85. The molecule has 10 aromatic rings. The lowest BCUT2D eigenvalue weighted by molar-refractivity contribution is 0.591. The molecule has 0 amide bonds. The fraction of sp³-hybridized carbons (Fsp3) is 0.169. The van der Waals surface area contributed by atoms with Gasteiger partial charge >= 0.3 is 0 Å². The zero-order chi connectivity index (χ0) is 50.9. The standard InChI is InChI=1S/C65H60N2/c1-45-29-34-53(35-30-45)66(54-36-31-46(2)32-37-54)55-38-40-61-57(44-55)56-41-48(47-21-13-9-14-22-47)33-39-60(56)67(61)62-58(64(5,6)50-25-17-11-18-26-50)42-52(63(3,4)49-23-15-10-16-24-49)43-59(62)65(7,8)51-27-19-12-20-28-51/h9-44H,1-8H3/i9D,13D,14D,21D,22D. The van der Waals surface area contributed by atoms with Gasteiger partial charge in [0.1, 0.15) is 0 Å². The fourth-order valence-corrected chi connectivity index (χ4v) is 10.0. The van der Waals surface area contributed by atoms with Gasteiger partial charge in [0.05, 0.1) is 23.6 Å². The van der Waals surface area contributed by atoms with E-state index in [2.05, 4.69) is 241 Å². The lowest BCUT2D eigenvalue weighted by Crippen LogP contribution is -2.30. The first-order valence-electron chi connectivity index (χ1n) is 25.8. The van der Waals surface area contributed by atoms with Gasteiger partial charge in [-0.1, -0.05) is 216 Å². The Morgan fingerprint density at radius 2 is 0.806 bits per heavy atom. The molecule has 0 unspecified atom stereocenters. The summed E-state index contributed by atoms with van der Waals surface area (Å²) in [4.78, 5) is 2.29. The summed E-state index contributed by atoms with van der Waals surface area (Å²) >= 11 is 0. The molecule has 67 heavy (non-hydrogen) atoms. The molecule has 2 heteroatoms. The van der Waals surface area contributed by atoms with Gasteiger partial charge in [-0.05, 0) is 113 Å². The zero-order valence-corrected chi connectivity index (χ0v) is 39.8. The van der Waals surface area contributed by atoms with Crippen LogP contribution in [-0.2, 0) is 16.2 Å². The summed E-state index contributed by atoms with van der Waals surface area (Å²) in [5.41, 5.74) is 14.7. The van der Waals surface area contributed by atoms with Crippen LogP contribution in [0.4, 0.5) is 17.1 Å². The van der Waals surface area contributed by atoms with Crippen LogP contribution < -0.4 is 4.90 Å². The van der Waals surface area contributed by atoms with Crippen LogP contribution in [0.25, 0.3) is 38.6 Å². The second-order valence-corrected chi connectivity index (χ2v) is 19.7. The summed E-state index contributed by atoms with van der Waals surface area (Å²) in [5.74, 6) is 0. The molecule has 10 rings (SSSR count). The molecule has 0 saturated heterocycles. The molecule has 0 fully saturated rings. The molecule has 0 aliphatic heterocycles. The van der Waals surface area contributed by atoms with Crippen molar-refractivity contribution in [1.82, 2.24) is 4.57 Å². The zero-order valence-electron chi connectivity index (χ0n) is 44.8. The normalized spacial score (nSPS) is 13.2. The number of anilines is 3. The fourth-order valence-electron chi connectivity index (χ4n) is 10.0. The molecule has 330 valence electrons. The molecule has 2 nitrogen and oxygen atoms in total. The maximum Gasteiger partial charge on any atom is 0.0629 e. The Morgan fingerprint density at radius 1 is 0.388 bits per heavy atom. The molecule has 0 N–H and O–H groups in total. The van der Waals surface area contributed by atoms with E-state index in [0.29, 0.717) is 5.56 Å². The summed E-state index contributed by atoms with van der Waals surface area (Å²) in [6.45, 7) is 18.2. The molecule has 0 aliphatic rings. The van der Waals surface area contributed by atoms with Gasteiger partial charge in [0.15, 0.2) is 0 Å². The summed E-state index contributed by atoms with van der Waals surface area (Å²) in [7, 11) is 0. The molecule has 0 aliphatic carbocycles. The van der Waals surface area contributed by atoms with Gasteiger partial charge in [0.25, 0.3) is 0 Å². The maximum absolute atomic E-state index is 9.10. The van der Waals surface area contributed by atoms with E-state index in [1.807, 2.05) is 12.1 Å². The van der Waals surface area contributed by atoms with Crippen LogP contribution in [0.3, 0.4) is 0 Å². The number of aromatic nitrogens is 1. The van der Waals surface area contributed by atoms with Crippen LogP contribution in [0.5, 0.6) is 0 Å². The highest BCUT2D eigenvalue weighted by atomic mass is 15.1. The average Bonchev–Trinajstić information content (AvgIpc) is 3.71. The van der Waals surface area contributed by atoms with E-state index in [0.717, 1.165) is 55.7 Å². The van der Waals surface area contributed by atoms with Crippen molar-refractivity contribution in [3.63, 3.8) is 0 Å². The molecule has 0 saturated carbocycles. The Kier molecular flexibility index (Phi) is 9.64. The van der Waals surface area contributed by atoms with Crippen molar-refractivity contribution in [2.24, 2.45) is 0 Å². The lowest BCUT2D eigenvalue weighted by Gasteiger charge is -2.38. The van der Waals surface area contributed by atoms with Crippen molar-refractivity contribution < 1.29 is 6.85 Å². The van der Waals surface area contributed by atoms with Crippen LogP contribution in [0, 0.1) is 13.8 Å². The SMILES string of the molecule is [2H]c1c([2H])c([2H])c(-c2ccc3c(c2)c2cc(N(c4ccc(C)cc4)c4ccc(C)cc4)ccc2n3-c2c(C(C)(C)c3ccccc3)cc(C(C)(C)c3ccccc3)cc2C(C)(C)c2ccccc2)c([2H])c1[2H]. The van der Waals surface area contributed by atoms with Gasteiger partial charge in [0.2, 0.25) is 0 Å². The molecule has 1 aromatic heterocycles. The topological polar surface area (TPSA) is 8.17 Å². The van der Waals surface area contributed by atoms with Crippen molar-refractivity contribution in [3.8, 4) is 16.8 Å². The largest absolute Gasteiger partial charge is 0.310 e. The Morgan fingerprint density at radius 3 is 1.28 bits per heavy atom. The van der Waals surface area contributed by atoms with Crippen LogP contribution in [0.15, 0.2) is 218 Å². The highest BCUT2D eigenvalue weighted by Crippen LogP contribution is 2.49. The van der Waals surface area contributed by atoms with E-state index in [1.54, 1.807) is 0 Å². The predicted molar refractivity (Wildman–Crippen MR) is 286 cm³/mol. The van der Waals surface area contributed by atoms with E-state index in [1.165, 1.54) is 33.4 Å². The molecule has 9 aromatic carbocycles. The minimum atomic E-state index is -0.523. The number of fused-ring (bicyclic) bond motifs is 3. The molecule has 0 radical (unpaired) electrons. The molecule has 0 spiro atoms. The first kappa shape index (κ1) is 37.8. The number of aryl methyl sites for hydroxylation is 2. The van der Waals surface area contributed by atoms with E-state index >= 15 is 0 Å². The second-order valence-electron chi connectivity index (χ2n) is 19.7. The second kappa shape index (κ2) is 17.1. The van der Waals surface area contributed by atoms with Crippen LogP contribution in [-0.4, -0.2) is 4.57 Å². The van der Waals surface area contributed by atoms with Crippen molar-refractivity contribution in [1.29, 1.82) is 0 Å². The highest BCUT2D eigenvalue weighted by molar-refractivity contribution is 6.12. The van der Waals surface area contributed by atoms with Crippen molar-refractivity contribution >= 4 is 38.9 Å².